The van der Waals surface area contributed by atoms with E-state index in [2.05, 4.69) is 19.1 Å². The van der Waals surface area contributed by atoms with Crippen molar-refractivity contribution in [2.24, 2.45) is 5.92 Å². The number of piperazine rings is 1. The van der Waals surface area contributed by atoms with Crippen LogP contribution in [-0.4, -0.2) is 32.2 Å². The lowest BCUT2D eigenvalue weighted by Crippen LogP contribution is -3.29. The number of hydrogen-bond acceptors (Lipinski definition) is 0. The SMILES string of the molecule is C[C@@H]1CCC[C@@H]([NH+]2CC[NH+](Cc3ccc(Cl)cc3)CC2)C1. The third kappa shape index (κ3) is 4.21. The van der Waals surface area contributed by atoms with Crippen LogP contribution in [0.1, 0.15) is 38.2 Å². The van der Waals surface area contributed by atoms with E-state index < -0.39 is 0 Å². The zero-order chi connectivity index (χ0) is 14.7. The number of quaternary nitrogens is 2. The first-order valence-electron chi connectivity index (χ1n) is 8.63. The molecule has 1 aromatic carbocycles. The Bertz CT molecular complexity index is 437. The molecule has 0 radical (unpaired) electrons. The van der Waals surface area contributed by atoms with Gasteiger partial charge in [0.1, 0.15) is 32.7 Å². The molecule has 0 aromatic heterocycles. The molecule has 0 bridgehead atoms. The molecule has 3 rings (SSSR count). The van der Waals surface area contributed by atoms with E-state index in [4.69, 9.17) is 11.6 Å². The number of nitrogens with one attached hydrogen (secondary N) is 2. The fraction of sp³-hybridized carbons (Fsp3) is 0.667. The Morgan fingerprint density at radius 3 is 2.43 bits per heavy atom. The van der Waals surface area contributed by atoms with Crippen LogP contribution in [0.2, 0.25) is 5.02 Å². The molecule has 2 atom stereocenters. The number of hydrogen-bond donors (Lipinski definition) is 2. The maximum Gasteiger partial charge on any atom is 0.127 e. The van der Waals surface area contributed by atoms with Gasteiger partial charge in [0.25, 0.3) is 0 Å². The molecular formula is C18H29ClN2+2. The molecule has 116 valence electrons. The van der Waals surface area contributed by atoms with Crippen LogP contribution in [0.5, 0.6) is 0 Å². The molecule has 0 amide bonds. The van der Waals surface area contributed by atoms with Crippen molar-refractivity contribution >= 4 is 11.6 Å². The highest BCUT2D eigenvalue weighted by atomic mass is 35.5. The van der Waals surface area contributed by atoms with Gasteiger partial charge in [0.05, 0.1) is 6.04 Å². The molecule has 0 spiro atoms. The largest absolute Gasteiger partial charge is 0.323 e. The maximum atomic E-state index is 5.96. The van der Waals surface area contributed by atoms with Crippen molar-refractivity contribution in [2.45, 2.75) is 45.2 Å². The molecule has 1 aromatic rings. The minimum absolute atomic E-state index is 0.842. The topological polar surface area (TPSA) is 8.88 Å². The molecule has 2 nitrogen and oxygen atoms in total. The quantitative estimate of drug-likeness (QED) is 0.830. The predicted octanol–water partition coefficient (Wildman–Crippen LogP) is 1.20. The average molecular weight is 309 g/mol. The van der Waals surface area contributed by atoms with Crippen molar-refractivity contribution < 1.29 is 9.80 Å². The van der Waals surface area contributed by atoms with Crippen molar-refractivity contribution in [3.63, 3.8) is 0 Å². The third-order valence-electron chi connectivity index (χ3n) is 5.48. The molecule has 2 fully saturated rings. The van der Waals surface area contributed by atoms with Gasteiger partial charge in [0.2, 0.25) is 0 Å². The minimum atomic E-state index is 0.842. The molecule has 1 aliphatic carbocycles. The molecule has 3 heteroatoms. The monoisotopic (exact) mass is 308 g/mol. The van der Waals surface area contributed by atoms with Gasteiger partial charge in [-0.05, 0) is 30.9 Å². The second-order valence-electron chi connectivity index (χ2n) is 7.18. The van der Waals surface area contributed by atoms with Gasteiger partial charge in [-0.2, -0.15) is 0 Å². The summed E-state index contributed by atoms with van der Waals surface area (Å²) in [4.78, 5) is 3.63. The van der Waals surface area contributed by atoms with Crippen LogP contribution < -0.4 is 9.80 Å². The molecule has 21 heavy (non-hydrogen) atoms. The molecule has 1 saturated carbocycles. The Morgan fingerprint density at radius 2 is 1.76 bits per heavy atom. The van der Waals surface area contributed by atoms with Gasteiger partial charge in [0, 0.05) is 17.0 Å². The van der Waals surface area contributed by atoms with E-state index in [-0.39, 0.29) is 0 Å². The van der Waals surface area contributed by atoms with Crippen LogP contribution in [0.3, 0.4) is 0 Å². The van der Waals surface area contributed by atoms with Crippen LogP contribution in [-0.2, 0) is 6.54 Å². The Balaban J connectivity index is 1.47. The number of benzene rings is 1. The van der Waals surface area contributed by atoms with Crippen molar-refractivity contribution in [1.82, 2.24) is 0 Å². The lowest BCUT2D eigenvalue weighted by Gasteiger charge is -2.37. The highest BCUT2D eigenvalue weighted by Crippen LogP contribution is 2.21. The summed E-state index contributed by atoms with van der Waals surface area (Å²) in [6.45, 7) is 8.96. The lowest BCUT2D eigenvalue weighted by atomic mass is 9.86. The first-order valence-corrected chi connectivity index (χ1v) is 9.01. The van der Waals surface area contributed by atoms with E-state index >= 15 is 0 Å². The van der Waals surface area contributed by atoms with E-state index in [1.165, 1.54) is 57.4 Å². The Hall–Kier alpha value is -0.570. The first kappa shape index (κ1) is 15.3. The molecule has 1 saturated heterocycles. The van der Waals surface area contributed by atoms with Crippen LogP contribution in [0.4, 0.5) is 0 Å². The van der Waals surface area contributed by atoms with Crippen LogP contribution in [0.15, 0.2) is 24.3 Å². The van der Waals surface area contributed by atoms with Crippen LogP contribution in [0.25, 0.3) is 0 Å². The first-order chi connectivity index (χ1) is 10.2. The second-order valence-corrected chi connectivity index (χ2v) is 7.62. The van der Waals surface area contributed by atoms with Gasteiger partial charge in [-0.15, -0.1) is 0 Å². The summed E-state index contributed by atoms with van der Waals surface area (Å²) >= 11 is 5.96. The summed E-state index contributed by atoms with van der Waals surface area (Å²) in [5, 5.41) is 0.842. The van der Waals surface area contributed by atoms with Crippen LogP contribution >= 0.6 is 11.6 Å². The van der Waals surface area contributed by atoms with Crippen molar-refractivity contribution in [3.8, 4) is 0 Å². The molecule has 2 N–H and O–H groups in total. The smallest absolute Gasteiger partial charge is 0.127 e. The third-order valence-corrected chi connectivity index (χ3v) is 5.73. The number of halogens is 1. The van der Waals surface area contributed by atoms with Gasteiger partial charge in [-0.3, -0.25) is 0 Å². The average Bonchev–Trinajstić information content (AvgIpc) is 2.50. The molecule has 2 aliphatic rings. The minimum Gasteiger partial charge on any atom is -0.323 e. The Kier molecular flexibility index (Phi) is 5.20. The van der Waals surface area contributed by atoms with Gasteiger partial charge in [0.15, 0.2) is 0 Å². The molecule has 0 unspecified atom stereocenters. The van der Waals surface area contributed by atoms with Crippen LogP contribution in [0, 0.1) is 5.92 Å². The van der Waals surface area contributed by atoms with E-state index in [9.17, 15) is 0 Å². The van der Waals surface area contributed by atoms with Gasteiger partial charge >= 0.3 is 0 Å². The fourth-order valence-corrected chi connectivity index (χ4v) is 4.33. The summed E-state index contributed by atoms with van der Waals surface area (Å²) in [6, 6.07) is 9.34. The second kappa shape index (κ2) is 7.13. The number of rotatable bonds is 3. The van der Waals surface area contributed by atoms with E-state index in [1.54, 1.807) is 4.90 Å². The van der Waals surface area contributed by atoms with Gasteiger partial charge in [-0.25, -0.2) is 0 Å². The zero-order valence-electron chi connectivity index (χ0n) is 13.2. The summed E-state index contributed by atoms with van der Waals surface area (Å²) in [7, 11) is 0. The summed E-state index contributed by atoms with van der Waals surface area (Å²) in [5.41, 5.74) is 1.42. The highest BCUT2D eigenvalue weighted by Gasteiger charge is 2.32. The predicted molar refractivity (Wildman–Crippen MR) is 88.0 cm³/mol. The summed E-state index contributed by atoms with van der Waals surface area (Å²) in [6.07, 6.45) is 5.84. The molecule has 1 aliphatic heterocycles. The molecule has 1 heterocycles. The Morgan fingerprint density at radius 1 is 1.05 bits per heavy atom. The van der Waals surface area contributed by atoms with Crippen molar-refractivity contribution in [3.05, 3.63) is 34.9 Å². The van der Waals surface area contributed by atoms with Crippen molar-refractivity contribution in [2.75, 3.05) is 26.2 Å². The summed E-state index contributed by atoms with van der Waals surface area (Å²) in [5.74, 6) is 0.954. The Labute approximate surface area is 134 Å². The van der Waals surface area contributed by atoms with Crippen molar-refractivity contribution in [1.29, 1.82) is 0 Å². The van der Waals surface area contributed by atoms with E-state index in [1.807, 2.05) is 17.0 Å². The van der Waals surface area contributed by atoms with Gasteiger partial charge < -0.3 is 9.80 Å². The zero-order valence-corrected chi connectivity index (χ0v) is 14.0. The lowest BCUT2D eigenvalue weighted by molar-refractivity contribution is -1.03. The van der Waals surface area contributed by atoms with E-state index in [0.717, 1.165) is 23.5 Å². The van der Waals surface area contributed by atoms with E-state index in [0.29, 0.717) is 0 Å². The molecular weight excluding hydrogens is 280 g/mol. The summed E-state index contributed by atoms with van der Waals surface area (Å²) < 4.78 is 0. The normalized spacial score (nSPS) is 33.8. The standard InChI is InChI=1S/C18H27ClN2/c1-15-3-2-4-18(13-15)21-11-9-20(10-12-21)14-16-5-7-17(19)8-6-16/h5-8,15,18H,2-4,9-14H2,1H3/p+2/t15-,18-/m1/s1. The fourth-order valence-electron chi connectivity index (χ4n) is 4.21. The highest BCUT2D eigenvalue weighted by molar-refractivity contribution is 6.30. The maximum absolute atomic E-state index is 5.96. The van der Waals surface area contributed by atoms with Gasteiger partial charge in [-0.1, -0.05) is 37.1 Å².